The number of aryl methyl sites for hydroxylation is 1. The fraction of sp³-hybridized carbons (Fsp3) is 0.423. The van der Waals surface area contributed by atoms with Gasteiger partial charge in [-0.2, -0.15) is 0 Å². The molecule has 1 fully saturated rings. The van der Waals surface area contributed by atoms with Gasteiger partial charge in [-0.3, -0.25) is 14.4 Å². The summed E-state index contributed by atoms with van der Waals surface area (Å²) in [6.07, 6.45) is 2.26. The number of nitrogens with one attached hydrogen (secondary N) is 1. The van der Waals surface area contributed by atoms with Crippen LogP contribution in [0.25, 0.3) is 0 Å². The molecule has 0 unspecified atom stereocenters. The molecule has 1 saturated heterocycles. The van der Waals surface area contributed by atoms with E-state index in [4.69, 9.17) is 0 Å². The Balaban J connectivity index is 1.45. The molecule has 3 rings (SSSR count). The number of carbonyl (C=O) groups is 3. The third kappa shape index (κ3) is 6.67. The molecule has 1 heterocycles. The molecule has 0 saturated carbocycles. The Morgan fingerprint density at radius 1 is 0.812 bits per heavy atom. The van der Waals surface area contributed by atoms with E-state index in [1.165, 1.54) is 5.56 Å². The molecule has 0 spiro atoms. The van der Waals surface area contributed by atoms with Crippen LogP contribution in [-0.2, 0) is 11.2 Å². The second kappa shape index (κ2) is 10.4. The normalized spacial score (nSPS) is 14.2. The van der Waals surface area contributed by atoms with Crippen LogP contribution in [0.2, 0.25) is 0 Å². The quantitative estimate of drug-likeness (QED) is 0.755. The highest BCUT2D eigenvalue weighted by atomic mass is 16.2. The van der Waals surface area contributed by atoms with E-state index in [2.05, 4.69) is 17.4 Å². The Kier molecular flexibility index (Phi) is 7.67. The smallest absolute Gasteiger partial charge is 0.253 e. The molecular weight excluding hydrogens is 402 g/mol. The van der Waals surface area contributed by atoms with E-state index in [0.717, 1.165) is 12.8 Å². The summed E-state index contributed by atoms with van der Waals surface area (Å²) in [5.74, 6) is -0.0675. The van der Waals surface area contributed by atoms with Crippen LogP contribution in [0.3, 0.4) is 0 Å². The molecule has 3 amide bonds. The lowest BCUT2D eigenvalue weighted by molar-refractivity contribution is -0.132. The predicted octanol–water partition coefficient (Wildman–Crippen LogP) is 3.52. The number of rotatable bonds is 6. The summed E-state index contributed by atoms with van der Waals surface area (Å²) in [5.41, 5.74) is 2.02. The predicted molar refractivity (Wildman–Crippen MR) is 126 cm³/mol. The SMILES string of the molecule is CC(C)(C)NC(=O)c1ccc(C(=O)N2CCN(C(=O)CCCc3ccccc3)CC2)cc1. The minimum Gasteiger partial charge on any atom is -0.347 e. The maximum Gasteiger partial charge on any atom is 0.253 e. The van der Waals surface area contributed by atoms with Gasteiger partial charge in [-0.25, -0.2) is 0 Å². The fourth-order valence-corrected chi connectivity index (χ4v) is 3.76. The van der Waals surface area contributed by atoms with Crippen molar-refractivity contribution in [2.45, 2.75) is 45.6 Å². The van der Waals surface area contributed by atoms with Gasteiger partial charge < -0.3 is 15.1 Å². The highest BCUT2D eigenvalue weighted by Crippen LogP contribution is 2.13. The third-order valence-electron chi connectivity index (χ3n) is 5.50. The molecule has 170 valence electrons. The highest BCUT2D eigenvalue weighted by Gasteiger charge is 2.25. The van der Waals surface area contributed by atoms with Gasteiger partial charge in [0, 0.05) is 49.3 Å². The van der Waals surface area contributed by atoms with Crippen LogP contribution >= 0.6 is 0 Å². The number of carbonyl (C=O) groups excluding carboxylic acids is 3. The molecule has 2 aromatic carbocycles. The van der Waals surface area contributed by atoms with E-state index in [9.17, 15) is 14.4 Å². The lowest BCUT2D eigenvalue weighted by Crippen LogP contribution is -2.50. The first-order valence-electron chi connectivity index (χ1n) is 11.3. The Bertz CT molecular complexity index is 925. The van der Waals surface area contributed by atoms with E-state index in [1.807, 2.05) is 43.9 Å². The molecule has 1 aliphatic rings. The van der Waals surface area contributed by atoms with Crippen molar-refractivity contribution >= 4 is 17.7 Å². The zero-order valence-corrected chi connectivity index (χ0v) is 19.3. The van der Waals surface area contributed by atoms with Gasteiger partial charge in [-0.05, 0) is 63.4 Å². The van der Waals surface area contributed by atoms with Gasteiger partial charge in [0.2, 0.25) is 5.91 Å². The van der Waals surface area contributed by atoms with Crippen LogP contribution in [0.5, 0.6) is 0 Å². The summed E-state index contributed by atoms with van der Waals surface area (Å²) in [5, 5.41) is 2.91. The van der Waals surface area contributed by atoms with Crippen molar-refractivity contribution in [2.75, 3.05) is 26.2 Å². The summed E-state index contributed by atoms with van der Waals surface area (Å²) < 4.78 is 0. The van der Waals surface area contributed by atoms with Crippen LogP contribution in [0, 0.1) is 0 Å². The summed E-state index contributed by atoms with van der Waals surface area (Å²) in [7, 11) is 0. The lowest BCUT2D eigenvalue weighted by Gasteiger charge is -2.35. The van der Waals surface area contributed by atoms with Gasteiger partial charge >= 0.3 is 0 Å². The Hall–Kier alpha value is -3.15. The second-order valence-electron chi connectivity index (χ2n) is 9.29. The van der Waals surface area contributed by atoms with Gasteiger partial charge in [0.15, 0.2) is 0 Å². The maximum absolute atomic E-state index is 12.8. The van der Waals surface area contributed by atoms with E-state index in [-0.39, 0.29) is 23.3 Å². The van der Waals surface area contributed by atoms with Crippen molar-refractivity contribution in [3.63, 3.8) is 0 Å². The zero-order chi connectivity index (χ0) is 23.1. The Labute approximate surface area is 190 Å². The number of amides is 3. The number of nitrogens with zero attached hydrogens (tertiary/aromatic N) is 2. The molecule has 0 radical (unpaired) electrons. The maximum atomic E-state index is 12.8. The average molecular weight is 436 g/mol. The molecular formula is C26H33N3O3. The van der Waals surface area contributed by atoms with Crippen molar-refractivity contribution < 1.29 is 14.4 Å². The first-order chi connectivity index (χ1) is 15.2. The molecule has 6 heteroatoms. The minimum absolute atomic E-state index is 0.0658. The largest absolute Gasteiger partial charge is 0.347 e. The molecule has 1 aliphatic heterocycles. The molecule has 0 bridgehead atoms. The van der Waals surface area contributed by atoms with Crippen LogP contribution in [-0.4, -0.2) is 59.2 Å². The van der Waals surface area contributed by atoms with Crippen molar-refractivity contribution in [2.24, 2.45) is 0 Å². The number of hydrogen-bond acceptors (Lipinski definition) is 3. The highest BCUT2D eigenvalue weighted by molar-refractivity contribution is 5.98. The zero-order valence-electron chi connectivity index (χ0n) is 19.3. The van der Waals surface area contributed by atoms with Crippen LogP contribution in [0.15, 0.2) is 54.6 Å². The molecule has 1 N–H and O–H groups in total. The molecule has 0 aromatic heterocycles. The van der Waals surface area contributed by atoms with Gasteiger partial charge in [0.05, 0.1) is 0 Å². The van der Waals surface area contributed by atoms with Crippen molar-refractivity contribution in [3.05, 3.63) is 71.3 Å². The van der Waals surface area contributed by atoms with Crippen LogP contribution in [0.4, 0.5) is 0 Å². The van der Waals surface area contributed by atoms with Crippen LogP contribution in [0.1, 0.15) is 59.9 Å². The molecule has 2 aromatic rings. The summed E-state index contributed by atoms with van der Waals surface area (Å²) in [6, 6.07) is 16.9. The van der Waals surface area contributed by atoms with Gasteiger partial charge in [0.25, 0.3) is 11.8 Å². The van der Waals surface area contributed by atoms with E-state index in [1.54, 1.807) is 29.2 Å². The minimum atomic E-state index is -0.315. The van der Waals surface area contributed by atoms with E-state index in [0.29, 0.717) is 43.7 Å². The van der Waals surface area contributed by atoms with E-state index >= 15 is 0 Å². The average Bonchev–Trinajstić information content (AvgIpc) is 2.78. The van der Waals surface area contributed by atoms with Gasteiger partial charge in [-0.1, -0.05) is 30.3 Å². The molecule has 0 aliphatic carbocycles. The number of piperazine rings is 1. The monoisotopic (exact) mass is 435 g/mol. The van der Waals surface area contributed by atoms with Crippen molar-refractivity contribution in [1.82, 2.24) is 15.1 Å². The number of benzene rings is 2. The third-order valence-corrected chi connectivity index (χ3v) is 5.50. The first-order valence-corrected chi connectivity index (χ1v) is 11.3. The topological polar surface area (TPSA) is 69.7 Å². The lowest BCUT2D eigenvalue weighted by atomic mass is 10.1. The molecule has 32 heavy (non-hydrogen) atoms. The number of hydrogen-bond donors (Lipinski definition) is 1. The standard InChI is InChI=1S/C26H33N3O3/c1-26(2,3)27-24(31)21-12-14-22(15-13-21)25(32)29-18-16-28(17-19-29)23(30)11-7-10-20-8-5-4-6-9-20/h4-6,8-9,12-15H,7,10-11,16-19H2,1-3H3,(H,27,31). The van der Waals surface area contributed by atoms with Crippen molar-refractivity contribution in [1.29, 1.82) is 0 Å². The Morgan fingerprint density at radius 2 is 1.38 bits per heavy atom. The van der Waals surface area contributed by atoms with Crippen LogP contribution < -0.4 is 5.32 Å². The van der Waals surface area contributed by atoms with Gasteiger partial charge in [0.1, 0.15) is 0 Å². The summed E-state index contributed by atoms with van der Waals surface area (Å²) >= 11 is 0. The fourth-order valence-electron chi connectivity index (χ4n) is 3.76. The Morgan fingerprint density at radius 3 is 1.97 bits per heavy atom. The molecule has 6 nitrogen and oxygen atoms in total. The van der Waals surface area contributed by atoms with Crippen molar-refractivity contribution in [3.8, 4) is 0 Å². The second-order valence-corrected chi connectivity index (χ2v) is 9.29. The molecule has 0 atom stereocenters. The summed E-state index contributed by atoms with van der Waals surface area (Å²) in [4.78, 5) is 41.2. The van der Waals surface area contributed by atoms with E-state index < -0.39 is 0 Å². The van der Waals surface area contributed by atoms with Gasteiger partial charge in [-0.15, -0.1) is 0 Å². The first kappa shape index (κ1) is 23.5. The summed E-state index contributed by atoms with van der Waals surface area (Å²) in [6.45, 7) is 7.94.